The molecule has 2 heterocycles. The molecular weight excluding hydrogens is 435 g/mol. The summed E-state index contributed by atoms with van der Waals surface area (Å²) < 4.78 is 0. The van der Waals surface area contributed by atoms with Crippen molar-refractivity contribution < 1.29 is 9.59 Å². The van der Waals surface area contributed by atoms with Crippen LogP contribution in [-0.4, -0.2) is 41.0 Å². The van der Waals surface area contributed by atoms with Gasteiger partial charge in [0.1, 0.15) is 6.04 Å². The van der Waals surface area contributed by atoms with Crippen LogP contribution < -0.4 is 10.6 Å². The largest absolute Gasteiger partial charge is 0.361 e. The minimum atomic E-state index is -0.699. The van der Waals surface area contributed by atoms with Gasteiger partial charge in [0.2, 0.25) is 5.91 Å². The number of anilines is 1. The molecule has 0 spiro atoms. The van der Waals surface area contributed by atoms with Crippen LogP contribution in [0.4, 0.5) is 10.5 Å². The highest BCUT2D eigenvalue weighted by Gasteiger charge is 2.28. The molecule has 3 aromatic rings. The van der Waals surface area contributed by atoms with E-state index in [0.29, 0.717) is 30.2 Å². The van der Waals surface area contributed by atoms with Gasteiger partial charge in [0, 0.05) is 36.6 Å². The first kappa shape index (κ1) is 21.5. The summed E-state index contributed by atoms with van der Waals surface area (Å²) in [6.07, 6.45) is 5.37. The maximum atomic E-state index is 13.3. The predicted octanol–water partition coefficient (Wildman–Crippen LogP) is 5.22. The number of fused-ring (bicyclic) bond motifs is 1. The van der Waals surface area contributed by atoms with E-state index in [1.54, 1.807) is 18.2 Å². The zero-order chi connectivity index (χ0) is 21.8. The van der Waals surface area contributed by atoms with Crippen LogP contribution in [0.2, 0.25) is 10.0 Å². The van der Waals surface area contributed by atoms with Gasteiger partial charge in [0.25, 0.3) is 0 Å². The van der Waals surface area contributed by atoms with E-state index < -0.39 is 12.1 Å². The highest BCUT2D eigenvalue weighted by atomic mass is 35.5. The average Bonchev–Trinajstić information content (AvgIpc) is 3.19. The van der Waals surface area contributed by atoms with E-state index in [1.807, 2.05) is 35.4 Å². The summed E-state index contributed by atoms with van der Waals surface area (Å²) in [7, 11) is 0. The number of aromatic amines is 1. The number of H-pyrrole nitrogens is 1. The van der Waals surface area contributed by atoms with Gasteiger partial charge in [-0.15, -0.1) is 0 Å². The van der Waals surface area contributed by atoms with Gasteiger partial charge in [-0.3, -0.25) is 4.79 Å². The number of hydrogen-bond donors (Lipinski definition) is 3. The van der Waals surface area contributed by atoms with E-state index in [4.69, 9.17) is 23.2 Å². The van der Waals surface area contributed by atoms with Gasteiger partial charge in [-0.25, -0.2) is 4.79 Å². The van der Waals surface area contributed by atoms with Crippen molar-refractivity contribution in [3.63, 3.8) is 0 Å². The predicted molar refractivity (Wildman–Crippen MR) is 125 cm³/mol. The molecule has 3 amide bonds. The van der Waals surface area contributed by atoms with Crippen LogP contribution in [0.1, 0.15) is 24.8 Å². The fourth-order valence-electron chi connectivity index (χ4n) is 3.97. The Morgan fingerprint density at radius 1 is 1.03 bits per heavy atom. The molecule has 1 fully saturated rings. The van der Waals surface area contributed by atoms with Crippen molar-refractivity contribution in [2.75, 3.05) is 18.4 Å². The lowest BCUT2D eigenvalue weighted by molar-refractivity contribution is -0.134. The van der Waals surface area contributed by atoms with Gasteiger partial charge in [-0.1, -0.05) is 47.5 Å². The maximum Gasteiger partial charge on any atom is 0.319 e. The molecule has 3 N–H and O–H groups in total. The molecule has 31 heavy (non-hydrogen) atoms. The summed E-state index contributed by atoms with van der Waals surface area (Å²) >= 11 is 12.2. The number of benzene rings is 2. The quantitative estimate of drug-likeness (QED) is 0.489. The lowest BCUT2D eigenvalue weighted by Crippen LogP contribution is -2.52. The number of nitrogens with zero attached hydrogens (tertiary/aromatic N) is 1. The van der Waals surface area contributed by atoms with Crippen molar-refractivity contribution in [3.05, 3.63) is 64.3 Å². The van der Waals surface area contributed by atoms with Crippen LogP contribution in [0.25, 0.3) is 10.9 Å². The molecule has 1 aliphatic heterocycles. The number of amides is 3. The van der Waals surface area contributed by atoms with Crippen LogP contribution in [0.5, 0.6) is 0 Å². The number of likely N-dealkylation sites (tertiary alicyclic amines) is 1. The number of piperidine rings is 1. The van der Waals surface area contributed by atoms with Crippen molar-refractivity contribution in [1.29, 1.82) is 0 Å². The van der Waals surface area contributed by atoms with Crippen molar-refractivity contribution in [2.45, 2.75) is 31.7 Å². The molecule has 6 nitrogen and oxygen atoms in total. The molecule has 1 atom stereocenters. The van der Waals surface area contributed by atoms with Gasteiger partial charge in [0.05, 0.1) is 15.7 Å². The van der Waals surface area contributed by atoms with E-state index >= 15 is 0 Å². The first-order valence-electron chi connectivity index (χ1n) is 10.4. The minimum Gasteiger partial charge on any atom is -0.361 e. The number of carbonyl (C=O) groups excluding carboxylic acids is 2. The van der Waals surface area contributed by atoms with Crippen molar-refractivity contribution in [3.8, 4) is 0 Å². The third kappa shape index (κ3) is 4.97. The SMILES string of the molecule is O=C(Nc1cccc(Cl)c1Cl)NC(Cc1c[nH]c2ccccc12)C(=O)N1CCCCC1. The van der Waals surface area contributed by atoms with E-state index in [0.717, 1.165) is 35.7 Å². The highest BCUT2D eigenvalue weighted by Crippen LogP contribution is 2.29. The molecule has 1 saturated heterocycles. The Bertz CT molecular complexity index is 1090. The molecule has 1 aromatic heterocycles. The molecule has 0 bridgehead atoms. The lowest BCUT2D eigenvalue weighted by atomic mass is 10.0. The van der Waals surface area contributed by atoms with Crippen molar-refractivity contribution in [1.82, 2.24) is 15.2 Å². The molecule has 4 rings (SSSR count). The molecule has 1 unspecified atom stereocenters. The topological polar surface area (TPSA) is 77.2 Å². The number of urea groups is 1. The maximum absolute atomic E-state index is 13.3. The number of para-hydroxylation sites is 1. The van der Waals surface area contributed by atoms with E-state index in [-0.39, 0.29) is 10.9 Å². The molecule has 8 heteroatoms. The Hall–Kier alpha value is -2.70. The van der Waals surface area contributed by atoms with Crippen molar-refractivity contribution in [2.24, 2.45) is 0 Å². The van der Waals surface area contributed by atoms with Gasteiger partial charge >= 0.3 is 6.03 Å². The number of aromatic nitrogens is 1. The lowest BCUT2D eigenvalue weighted by Gasteiger charge is -2.30. The summed E-state index contributed by atoms with van der Waals surface area (Å²) in [4.78, 5) is 31.1. The molecule has 162 valence electrons. The fraction of sp³-hybridized carbons (Fsp3) is 0.304. The summed E-state index contributed by atoms with van der Waals surface area (Å²) in [6.45, 7) is 1.43. The number of rotatable bonds is 5. The summed E-state index contributed by atoms with van der Waals surface area (Å²) in [5, 5.41) is 7.21. The fourth-order valence-corrected chi connectivity index (χ4v) is 4.32. The van der Waals surface area contributed by atoms with Crippen molar-refractivity contribution >= 4 is 51.7 Å². The van der Waals surface area contributed by atoms with Gasteiger partial charge in [-0.05, 0) is 43.0 Å². The number of nitrogens with one attached hydrogen (secondary N) is 3. The zero-order valence-corrected chi connectivity index (χ0v) is 18.5. The van der Waals surface area contributed by atoms with Gasteiger partial charge in [0.15, 0.2) is 0 Å². The number of halogens is 2. The molecule has 0 saturated carbocycles. The van der Waals surface area contributed by atoms with Crippen LogP contribution in [0, 0.1) is 0 Å². The zero-order valence-electron chi connectivity index (χ0n) is 17.0. The van der Waals surface area contributed by atoms with Crippen LogP contribution >= 0.6 is 23.2 Å². The third-order valence-corrected chi connectivity index (χ3v) is 6.39. The Kier molecular flexibility index (Phi) is 6.68. The second-order valence-electron chi connectivity index (χ2n) is 7.70. The number of carbonyl (C=O) groups is 2. The smallest absolute Gasteiger partial charge is 0.319 e. The Labute approximate surface area is 190 Å². The number of hydrogen-bond acceptors (Lipinski definition) is 2. The Morgan fingerprint density at radius 3 is 2.61 bits per heavy atom. The second-order valence-corrected chi connectivity index (χ2v) is 8.49. The Balaban J connectivity index is 1.54. The summed E-state index contributed by atoms with van der Waals surface area (Å²) in [5.41, 5.74) is 2.37. The highest BCUT2D eigenvalue weighted by molar-refractivity contribution is 6.43. The molecule has 0 aliphatic carbocycles. The van der Waals surface area contributed by atoms with Crippen LogP contribution in [-0.2, 0) is 11.2 Å². The normalized spacial score (nSPS) is 15.0. The average molecular weight is 459 g/mol. The third-order valence-electron chi connectivity index (χ3n) is 5.57. The van der Waals surface area contributed by atoms with Crippen LogP contribution in [0.3, 0.4) is 0 Å². The monoisotopic (exact) mass is 458 g/mol. The first-order valence-corrected chi connectivity index (χ1v) is 11.1. The second kappa shape index (κ2) is 9.62. The first-order chi connectivity index (χ1) is 15.0. The van der Waals surface area contributed by atoms with Crippen LogP contribution in [0.15, 0.2) is 48.7 Å². The molecular formula is C23H24Cl2N4O2. The molecule has 1 aliphatic rings. The van der Waals surface area contributed by atoms with Gasteiger partial charge in [-0.2, -0.15) is 0 Å². The molecule has 0 radical (unpaired) electrons. The van der Waals surface area contributed by atoms with E-state index in [1.165, 1.54) is 0 Å². The van der Waals surface area contributed by atoms with Gasteiger partial charge < -0.3 is 20.5 Å². The summed E-state index contributed by atoms with van der Waals surface area (Å²) in [6, 6.07) is 11.7. The Morgan fingerprint density at radius 2 is 1.81 bits per heavy atom. The molecule has 2 aromatic carbocycles. The standard InChI is InChI=1S/C23H24Cl2N4O2/c24-17-8-6-10-19(21(17)25)27-23(31)28-20(22(30)29-11-4-1-5-12-29)13-15-14-26-18-9-3-2-7-16(15)18/h2-3,6-10,14,20,26H,1,4-5,11-13H2,(H2,27,28,31). The minimum absolute atomic E-state index is 0.0719. The summed E-state index contributed by atoms with van der Waals surface area (Å²) in [5.74, 6) is -0.0719. The van der Waals surface area contributed by atoms with E-state index in [9.17, 15) is 9.59 Å². The van der Waals surface area contributed by atoms with E-state index in [2.05, 4.69) is 15.6 Å².